The maximum Gasteiger partial charge on any atom is 0.0126 e. The summed E-state index contributed by atoms with van der Waals surface area (Å²) in [6.07, 6.45) is 4.14. The minimum atomic E-state index is 0.481. The van der Waals surface area contributed by atoms with Gasteiger partial charge in [0.25, 0.3) is 0 Å². The summed E-state index contributed by atoms with van der Waals surface area (Å²) in [6.45, 7) is 14.4. The second kappa shape index (κ2) is 4.65. The van der Waals surface area contributed by atoms with Gasteiger partial charge in [0.1, 0.15) is 0 Å². The number of rotatable bonds is 2. The van der Waals surface area contributed by atoms with Gasteiger partial charge in [-0.25, -0.2) is 0 Å². The fourth-order valence-corrected chi connectivity index (χ4v) is 3.07. The maximum absolute atomic E-state index is 2.68. The molecule has 1 heterocycles. The van der Waals surface area contributed by atoms with E-state index in [0.29, 0.717) is 5.41 Å². The van der Waals surface area contributed by atoms with E-state index in [1.807, 2.05) is 0 Å². The highest BCUT2D eigenvalue weighted by atomic mass is 15.2. The average molecular weight is 197 g/mol. The lowest BCUT2D eigenvalue weighted by atomic mass is 9.71. The molecule has 1 aliphatic heterocycles. The molecule has 1 heteroatoms. The van der Waals surface area contributed by atoms with E-state index in [2.05, 4.69) is 39.5 Å². The summed E-state index contributed by atoms with van der Waals surface area (Å²) >= 11 is 0. The third-order valence-corrected chi connectivity index (χ3v) is 3.83. The standard InChI is InChI=1S/C13H27N/c1-6-12-11(13(3,4)5)9-8-10-14(12)7-2/h11-12H,6-10H2,1-5H3. The maximum atomic E-state index is 2.68. The first kappa shape index (κ1) is 12.0. The van der Waals surface area contributed by atoms with E-state index in [1.54, 1.807) is 0 Å². The SMILES string of the molecule is CCC1C(C(C)(C)C)CCCN1CC. The minimum Gasteiger partial charge on any atom is -0.300 e. The van der Waals surface area contributed by atoms with E-state index in [9.17, 15) is 0 Å². The van der Waals surface area contributed by atoms with Gasteiger partial charge in [-0.1, -0.05) is 34.6 Å². The third-order valence-electron chi connectivity index (χ3n) is 3.83. The van der Waals surface area contributed by atoms with E-state index >= 15 is 0 Å². The van der Waals surface area contributed by atoms with Crippen molar-refractivity contribution in [1.29, 1.82) is 0 Å². The Labute approximate surface area is 89.9 Å². The second-order valence-electron chi connectivity index (χ2n) is 5.72. The lowest BCUT2D eigenvalue weighted by molar-refractivity contribution is 0.0328. The van der Waals surface area contributed by atoms with Crippen LogP contribution < -0.4 is 0 Å². The van der Waals surface area contributed by atoms with Gasteiger partial charge in [0.05, 0.1) is 0 Å². The molecular weight excluding hydrogens is 170 g/mol. The van der Waals surface area contributed by atoms with Crippen LogP contribution >= 0.6 is 0 Å². The predicted molar refractivity (Wildman–Crippen MR) is 63.5 cm³/mol. The van der Waals surface area contributed by atoms with Crippen LogP contribution in [0.1, 0.15) is 53.9 Å². The van der Waals surface area contributed by atoms with E-state index < -0.39 is 0 Å². The highest BCUT2D eigenvalue weighted by Gasteiger charge is 2.36. The molecule has 0 aliphatic carbocycles. The molecule has 14 heavy (non-hydrogen) atoms. The van der Waals surface area contributed by atoms with Crippen LogP contribution in [0.2, 0.25) is 0 Å². The second-order valence-corrected chi connectivity index (χ2v) is 5.72. The smallest absolute Gasteiger partial charge is 0.0126 e. The summed E-state index contributed by atoms with van der Waals surface area (Å²) in [5, 5.41) is 0. The van der Waals surface area contributed by atoms with Gasteiger partial charge >= 0.3 is 0 Å². The normalized spacial score (nSPS) is 30.6. The molecule has 0 aromatic heterocycles. The monoisotopic (exact) mass is 197 g/mol. The molecule has 0 aromatic carbocycles. The summed E-state index contributed by atoms with van der Waals surface area (Å²) in [6, 6.07) is 0.828. The first-order valence-electron chi connectivity index (χ1n) is 6.24. The largest absolute Gasteiger partial charge is 0.300 e. The molecule has 0 bridgehead atoms. The van der Waals surface area contributed by atoms with Crippen molar-refractivity contribution in [3.05, 3.63) is 0 Å². The van der Waals surface area contributed by atoms with Crippen molar-refractivity contribution in [1.82, 2.24) is 4.90 Å². The van der Waals surface area contributed by atoms with Crippen LogP contribution in [0.3, 0.4) is 0 Å². The first-order valence-corrected chi connectivity index (χ1v) is 6.24. The molecule has 1 saturated heterocycles. The predicted octanol–water partition coefficient (Wildman–Crippen LogP) is 3.54. The Morgan fingerprint density at radius 1 is 1.21 bits per heavy atom. The van der Waals surface area contributed by atoms with Gasteiger partial charge in [0.2, 0.25) is 0 Å². The molecule has 1 fully saturated rings. The fraction of sp³-hybridized carbons (Fsp3) is 1.00. The van der Waals surface area contributed by atoms with Crippen LogP contribution in [-0.2, 0) is 0 Å². The Bertz CT molecular complexity index is 169. The van der Waals surface area contributed by atoms with Crippen LogP contribution in [0, 0.1) is 11.3 Å². The topological polar surface area (TPSA) is 3.24 Å². The van der Waals surface area contributed by atoms with Crippen LogP contribution in [-0.4, -0.2) is 24.0 Å². The van der Waals surface area contributed by atoms with E-state index in [1.165, 1.54) is 32.4 Å². The quantitative estimate of drug-likeness (QED) is 0.654. The van der Waals surface area contributed by atoms with Crippen molar-refractivity contribution in [3.63, 3.8) is 0 Å². The Morgan fingerprint density at radius 3 is 2.29 bits per heavy atom. The minimum absolute atomic E-state index is 0.481. The summed E-state index contributed by atoms with van der Waals surface area (Å²) in [5.41, 5.74) is 0.481. The average Bonchev–Trinajstić information content (AvgIpc) is 2.15. The highest BCUT2D eigenvalue weighted by molar-refractivity contribution is 4.89. The number of piperidine rings is 1. The van der Waals surface area contributed by atoms with Crippen molar-refractivity contribution in [2.75, 3.05) is 13.1 Å². The van der Waals surface area contributed by atoms with Crippen molar-refractivity contribution in [2.45, 2.75) is 59.9 Å². The number of hydrogen-bond acceptors (Lipinski definition) is 1. The Balaban J connectivity index is 2.73. The molecule has 0 aromatic rings. The summed E-state index contributed by atoms with van der Waals surface area (Å²) < 4.78 is 0. The molecule has 1 aliphatic rings. The molecular formula is C13H27N. The molecule has 84 valence electrons. The zero-order chi connectivity index (χ0) is 10.8. The zero-order valence-corrected chi connectivity index (χ0v) is 10.6. The molecule has 0 N–H and O–H groups in total. The lowest BCUT2D eigenvalue weighted by Gasteiger charge is -2.46. The highest BCUT2D eigenvalue weighted by Crippen LogP contribution is 2.38. The van der Waals surface area contributed by atoms with Crippen molar-refractivity contribution < 1.29 is 0 Å². The number of nitrogens with zero attached hydrogens (tertiary/aromatic N) is 1. The zero-order valence-electron chi connectivity index (χ0n) is 10.6. The van der Waals surface area contributed by atoms with Crippen LogP contribution in [0.25, 0.3) is 0 Å². The summed E-state index contributed by atoms with van der Waals surface area (Å²) in [5.74, 6) is 0.890. The van der Waals surface area contributed by atoms with Gasteiger partial charge in [-0.3, -0.25) is 0 Å². The molecule has 1 rings (SSSR count). The van der Waals surface area contributed by atoms with Gasteiger partial charge in [-0.05, 0) is 43.7 Å². The fourth-order valence-electron chi connectivity index (χ4n) is 3.07. The summed E-state index contributed by atoms with van der Waals surface area (Å²) in [7, 11) is 0. The molecule has 0 spiro atoms. The molecule has 0 saturated carbocycles. The molecule has 1 nitrogen and oxygen atoms in total. The van der Waals surface area contributed by atoms with Crippen LogP contribution in [0.4, 0.5) is 0 Å². The van der Waals surface area contributed by atoms with Gasteiger partial charge in [-0.2, -0.15) is 0 Å². The summed E-state index contributed by atoms with van der Waals surface area (Å²) in [4.78, 5) is 2.68. The lowest BCUT2D eigenvalue weighted by Crippen LogP contribution is -2.48. The van der Waals surface area contributed by atoms with Crippen molar-refractivity contribution in [2.24, 2.45) is 11.3 Å². The van der Waals surface area contributed by atoms with Crippen LogP contribution in [0.5, 0.6) is 0 Å². The van der Waals surface area contributed by atoms with Gasteiger partial charge in [0, 0.05) is 6.04 Å². The number of likely N-dealkylation sites (tertiary alicyclic amines) is 1. The molecule has 2 unspecified atom stereocenters. The van der Waals surface area contributed by atoms with Gasteiger partial charge in [-0.15, -0.1) is 0 Å². The Hall–Kier alpha value is -0.0400. The van der Waals surface area contributed by atoms with Crippen molar-refractivity contribution in [3.8, 4) is 0 Å². The molecule has 2 atom stereocenters. The first-order chi connectivity index (χ1) is 6.50. The van der Waals surface area contributed by atoms with Crippen LogP contribution in [0.15, 0.2) is 0 Å². The van der Waals surface area contributed by atoms with E-state index in [4.69, 9.17) is 0 Å². The Kier molecular flexibility index (Phi) is 4.00. The van der Waals surface area contributed by atoms with Crippen molar-refractivity contribution >= 4 is 0 Å². The number of hydrogen-bond donors (Lipinski definition) is 0. The van der Waals surface area contributed by atoms with Gasteiger partial charge in [0.15, 0.2) is 0 Å². The van der Waals surface area contributed by atoms with E-state index in [0.717, 1.165) is 12.0 Å². The molecule has 0 radical (unpaired) electrons. The van der Waals surface area contributed by atoms with Gasteiger partial charge < -0.3 is 4.90 Å². The Morgan fingerprint density at radius 2 is 1.86 bits per heavy atom. The molecule has 0 amide bonds. The van der Waals surface area contributed by atoms with E-state index in [-0.39, 0.29) is 0 Å². The third kappa shape index (κ3) is 2.50.